The third kappa shape index (κ3) is 3.82. The Hall–Kier alpha value is -1.39. The van der Waals surface area contributed by atoms with E-state index >= 15 is 0 Å². The van der Waals surface area contributed by atoms with Gasteiger partial charge in [0, 0.05) is 13.2 Å². The monoisotopic (exact) mass is 250 g/mol. The number of benzene rings is 1. The second kappa shape index (κ2) is 7.13. The van der Waals surface area contributed by atoms with Gasteiger partial charge in [-0.3, -0.25) is 9.69 Å². The summed E-state index contributed by atoms with van der Waals surface area (Å²) in [6, 6.07) is 7.61. The number of carbonyl (C=O) groups is 1. The van der Waals surface area contributed by atoms with E-state index in [-0.39, 0.29) is 18.6 Å². The highest BCUT2D eigenvalue weighted by atomic mass is 16.3. The highest BCUT2D eigenvalue weighted by Crippen LogP contribution is 2.21. The van der Waals surface area contributed by atoms with E-state index in [0.29, 0.717) is 13.0 Å². The maximum atomic E-state index is 12.2. The highest BCUT2D eigenvalue weighted by molar-refractivity contribution is 5.83. The first-order chi connectivity index (χ1) is 8.57. The number of nitrogens with one attached hydrogen (secondary N) is 1. The van der Waals surface area contributed by atoms with Crippen LogP contribution >= 0.6 is 0 Å². The van der Waals surface area contributed by atoms with E-state index < -0.39 is 0 Å². The Balaban J connectivity index is 2.83. The van der Waals surface area contributed by atoms with Crippen molar-refractivity contribution in [3.63, 3.8) is 0 Å². The molecular formula is C14H22N2O2. The number of aliphatic hydroxyl groups excluding tert-OH is 1. The number of nitrogens with zero attached hydrogens (tertiary/aromatic N) is 1. The Morgan fingerprint density at radius 3 is 2.61 bits per heavy atom. The standard InChI is InChI=1S/C14H22N2O2/c1-11-7-4-5-8-12(11)13(16(2)3)14(18)15-9-6-10-17/h4-5,7-8,13,17H,6,9-10H2,1-3H3,(H,15,18)/t13-/m0/s1. The van der Waals surface area contributed by atoms with Gasteiger partial charge in [0.25, 0.3) is 0 Å². The molecule has 4 heteroatoms. The van der Waals surface area contributed by atoms with Gasteiger partial charge in [0.05, 0.1) is 0 Å². The molecule has 1 aromatic carbocycles. The number of rotatable bonds is 6. The van der Waals surface area contributed by atoms with E-state index in [2.05, 4.69) is 5.32 Å². The third-order valence-electron chi connectivity index (χ3n) is 2.88. The zero-order chi connectivity index (χ0) is 13.5. The lowest BCUT2D eigenvalue weighted by Gasteiger charge is -2.25. The van der Waals surface area contributed by atoms with E-state index in [9.17, 15) is 4.79 Å². The van der Waals surface area contributed by atoms with Crippen molar-refractivity contribution in [2.24, 2.45) is 0 Å². The topological polar surface area (TPSA) is 52.6 Å². The summed E-state index contributed by atoms with van der Waals surface area (Å²) >= 11 is 0. The van der Waals surface area contributed by atoms with E-state index in [1.165, 1.54) is 0 Å². The number of likely N-dealkylation sites (N-methyl/N-ethyl adjacent to an activating group) is 1. The SMILES string of the molecule is Cc1ccccc1[C@@H](C(=O)NCCCO)N(C)C. The number of aliphatic hydroxyl groups is 1. The molecule has 0 saturated heterocycles. The Labute approximate surface area is 109 Å². The van der Waals surface area contributed by atoms with Crippen molar-refractivity contribution in [3.8, 4) is 0 Å². The van der Waals surface area contributed by atoms with Crippen molar-refractivity contribution in [2.75, 3.05) is 27.2 Å². The van der Waals surface area contributed by atoms with Crippen LogP contribution in [0.3, 0.4) is 0 Å². The average Bonchev–Trinajstić information content (AvgIpc) is 2.32. The Bertz CT molecular complexity index is 391. The zero-order valence-electron chi connectivity index (χ0n) is 11.3. The van der Waals surface area contributed by atoms with Crippen LogP contribution in [0.15, 0.2) is 24.3 Å². The lowest BCUT2D eigenvalue weighted by atomic mass is 10.00. The lowest BCUT2D eigenvalue weighted by Crippen LogP contribution is -2.38. The molecule has 0 bridgehead atoms. The maximum Gasteiger partial charge on any atom is 0.241 e. The van der Waals surface area contributed by atoms with Gasteiger partial charge >= 0.3 is 0 Å². The van der Waals surface area contributed by atoms with E-state index in [0.717, 1.165) is 11.1 Å². The molecule has 1 amide bonds. The smallest absolute Gasteiger partial charge is 0.241 e. The molecule has 1 aromatic rings. The van der Waals surface area contributed by atoms with Crippen LogP contribution in [-0.2, 0) is 4.79 Å². The van der Waals surface area contributed by atoms with E-state index in [4.69, 9.17) is 5.11 Å². The van der Waals surface area contributed by atoms with Crippen molar-refractivity contribution >= 4 is 5.91 Å². The molecule has 2 N–H and O–H groups in total. The minimum atomic E-state index is -0.287. The van der Waals surface area contributed by atoms with Crippen molar-refractivity contribution in [1.82, 2.24) is 10.2 Å². The first-order valence-corrected chi connectivity index (χ1v) is 6.18. The molecule has 0 spiro atoms. The van der Waals surface area contributed by atoms with Crippen molar-refractivity contribution in [3.05, 3.63) is 35.4 Å². The summed E-state index contributed by atoms with van der Waals surface area (Å²) in [5.74, 6) is -0.0252. The maximum absolute atomic E-state index is 12.2. The van der Waals surface area contributed by atoms with Gasteiger partial charge < -0.3 is 10.4 Å². The lowest BCUT2D eigenvalue weighted by molar-refractivity contribution is -0.125. The molecule has 0 saturated carbocycles. The van der Waals surface area contributed by atoms with Crippen LogP contribution in [0.5, 0.6) is 0 Å². The van der Waals surface area contributed by atoms with Crippen LogP contribution in [0.2, 0.25) is 0 Å². The third-order valence-corrected chi connectivity index (χ3v) is 2.88. The van der Waals surface area contributed by atoms with Crippen molar-refractivity contribution in [1.29, 1.82) is 0 Å². The Morgan fingerprint density at radius 2 is 2.06 bits per heavy atom. The molecule has 0 heterocycles. The van der Waals surface area contributed by atoms with Gasteiger partial charge in [-0.1, -0.05) is 24.3 Å². The second-order valence-electron chi connectivity index (χ2n) is 4.59. The second-order valence-corrected chi connectivity index (χ2v) is 4.59. The molecule has 1 rings (SSSR count). The quantitative estimate of drug-likeness (QED) is 0.743. The fourth-order valence-electron chi connectivity index (χ4n) is 1.93. The molecule has 4 nitrogen and oxygen atoms in total. The number of amides is 1. The summed E-state index contributed by atoms with van der Waals surface area (Å²) in [6.45, 7) is 2.61. The Morgan fingerprint density at radius 1 is 1.39 bits per heavy atom. The summed E-state index contributed by atoms with van der Waals surface area (Å²) in [5, 5.41) is 11.6. The minimum absolute atomic E-state index is 0.0252. The molecule has 18 heavy (non-hydrogen) atoms. The molecule has 0 aliphatic rings. The van der Waals surface area contributed by atoms with Crippen LogP contribution in [0, 0.1) is 6.92 Å². The summed E-state index contributed by atoms with van der Waals surface area (Å²) in [4.78, 5) is 14.1. The fourth-order valence-corrected chi connectivity index (χ4v) is 1.93. The molecule has 0 aromatic heterocycles. The molecule has 100 valence electrons. The van der Waals surface area contributed by atoms with E-state index in [1.807, 2.05) is 50.2 Å². The van der Waals surface area contributed by atoms with Gasteiger partial charge in [-0.05, 0) is 38.6 Å². The zero-order valence-corrected chi connectivity index (χ0v) is 11.3. The van der Waals surface area contributed by atoms with Gasteiger partial charge in [-0.2, -0.15) is 0 Å². The summed E-state index contributed by atoms with van der Waals surface area (Å²) in [7, 11) is 3.78. The van der Waals surface area contributed by atoms with Crippen LogP contribution in [-0.4, -0.2) is 43.2 Å². The molecule has 0 unspecified atom stereocenters. The molecule has 0 fully saturated rings. The van der Waals surface area contributed by atoms with Gasteiger partial charge in [-0.25, -0.2) is 0 Å². The summed E-state index contributed by atoms with van der Waals surface area (Å²) in [6.07, 6.45) is 0.583. The normalized spacial score (nSPS) is 12.5. The van der Waals surface area contributed by atoms with Gasteiger partial charge in [0.1, 0.15) is 6.04 Å². The number of hydrogen-bond donors (Lipinski definition) is 2. The number of aryl methyl sites for hydroxylation is 1. The Kier molecular flexibility index (Phi) is 5.82. The molecule has 0 aliphatic carbocycles. The van der Waals surface area contributed by atoms with Crippen LogP contribution in [0.1, 0.15) is 23.6 Å². The minimum Gasteiger partial charge on any atom is -0.396 e. The fraction of sp³-hybridized carbons (Fsp3) is 0.500. The predicted molar refractivity (Wildman–Crippen MR) is 72.3 cm³/mol. The molecule has 0 radical (unpaired) electrons. The first-order valence-electron chi connectivity index (χ1n) is 6.18. The van der Waals surface area contributed by atoms with Crippen molar-refractivity contribution in [2.45, 2.75) is 19.4 Å². The predicted octanol–water partition coefficient (Wildman–Crippen LogP) is 1.10. The molecule has 1 atom stereocenters. The number of carbonyl (C=O) groups excluding carboxylic acids is 1. The van der Waals surface area contributed by atoms with Crippen LogP contribution in [0.4, 0.5) is 0 Å². The average molecular weight is 250 g/mol. The van der Waals surface area contributed by atoms with E-state index in [1.54, 1.807) is 0 Å². The van der Waals surface area contributed by atoms with Gasteiger partial charge in [0.2, 0.25) is 5.91 Å². The summed E-state index contributed by atoms with van der Waals surface area (Å²) < 4.78 is 0. The van der Waals surface area contributed by atoms with Gasteiger partial charge in [-0.15, -0.1) is 0 Å². The number of hydrogen-bond acceptors (Lipinski definition) is 3. The molecular weight excluding hydrogens is 228 g/mol. The van der Waals surface area contributed by atoms with Crippen LogP contribution < -0.4 is 5.32 Å². The highest BCUT2D eigenvalue weighted by Gasteiger charge is 2.23. The van der Waals surface area contributed by atoms with Crippen molar-refractivity contribution < 1.29 is 9.90 Å². The van der Waals surface area contributed by atoms with Gasteiger partial charge in [0.15, 0.2) is 0 Å². The largest absolute Gasteiger partial charge is 0.396 e. The molecule has 0 aliphatic heterocycles. The van der Waals surface area contributed by atoms with Crippen LogP contribution in [0.25, 0.3) is 0 Å². The summed E-state index contributed by atoms with van der Waals surface area (Å²) in [5.41, 5.74) is 2.12. The first kappa shape index (κ1) is 14.7.